The van der Waals surface area contributed by atoms with Crippen molar-refractivity contribution in [2.75, 3.05) is 41.4 Å². The number of nitro benzene ring substituents is 1. The molecule has 6 bridgehead atoms. The second-order valence-corrected chi connectivity index (χ2v) is 14.5. The van der Waals surface area contributed by atoms with Gasteiger partial charge in [-0.3, -0.25) is 19.9 Å². The van der Waals surface area contributed by atoms with E-state index < -0.39 is 16.9 Å². The van der Waals surface area contributed by atoms with Gasteiger partial charge in [0.25, 0.3) is 5.69 Å². The molecule has 2 atom stereocenters. The van der Waals surface area contributed by atoms with Gasteiger partial charge in [0.15, 0.2) is 23.0 Å². The first kappa shape index (κ1) is 36.1. The Labute approximate surface area is 320 Å². The van der Waals surface area contributed by atoms with Crippen LogP contribution in [0.1, 0.15) is 61.4 Å². The van der Waals surface area contributed by atoms with Gasteiger partial charge in [0, 0.05) is 36.3 Å². The Bertz CT molecular complexity index is 2290. The number of aryl methyl sites for hydroxylation is 1. The third-order valence-corrected chi connectivity index (χ3v) is 11.2. The molecule has 4 aliphatic rings. The summed E-state index contributed by atoms with van der Waals surface area (Å²) < 4.78 is 31.3. The van der Waals surface area contributed by atoms with E-state index in [9.17, 15) is 14.9 Å². The molecular weight excluding hydrogens is 698 g/mol. The predicted molar refractivity (Wildman–Crippen MR) is 207 cm³/mol. The van der Waals surface area contributed by atoms with Crippen molar-refractivity contribution < 1.29 is 33.4 Å². The minimum absolute atomic E-state index is 0.0724. The van der Waals surface area contributed by atoms with E-state index in [2.05, 4.69) is 41.1 Å². The van der Waals surface area contributed by atoms with Crippen molar-refractivity contribution >= 4 is 11.7 Å². The normalized spacial score (nSPS) is 17.8. The molecule has 0 spiro atoms. The van der Waals surface area contributed by atoms with Gasteiger partial charge in [0.1, 0.15) is 11.5 Å². The van der Waals surface area contributed by atoms with Crippen LogP contribution in [0.2, 0.25) is 0 Å². The first-order chi connectivity index (χ1) is 26.6. The number of esters is 1. The molecule has 0 saturated heterocycles. The fourth-order valence-corrected chi connectivity index (χ4v) is 8.14. The number of hydrogen-bond acceptors (Lipinski definition) is 10. The van der Waals surface area contributed by atoms with E-state index in [1.165, 1.54) is 24.3 Å². The van der Waals surface area contributed by atoms with Gasteiger partial charge in [0.05, 0.1) is 30.8 Å². The number of carbonyl (C=O) groups excluding carboxylic acids is 1. The number of ether oxygens (including phenoxy) is 5. The van der Waals surface area contributed by atoms with Gasteiger partial charge >= 0.3 is 5.97 Å². The lowest BCUT2D eigenvalue weighted by molar-refractivity contribution is -0.385. The second kappa shape index (κ2) is 14.7. The third kappa shape index (κ3) is 6.85. The summed E-state index contributed by atoms with van der Waals surface area (Å²) >= 11 is 0. The molecule has 11 heteroatoms. The average Bonchev–Trinajstić information content (AvgIpc) is 3.18. The van der Waals surface area contributed by atoms with Crippen LogP contribution in [0.4, 0.5) is 5.69 Å². The van der Waals surface area contributed by atoms with Gasteiger partial charge in [-0.2, -0.15) is 0 Å². The standard InChI is InChI=1S/C44H43N3O8/c1-26-19-29-15-17-45(2)35-20-27-11-13-32(14-12-27)53-39-23-31(34(47(49)50)25-38(39)51-4)21-36-41-30(16-18-46(36)3)22-40(52-5)42(43(41)54-37(26)24-33(29)35)55-44(48)28-9-7-6-8-10-28/h6-14,19,22-25,35-36H,15-18,20-21H2,1-5H3/t35-,36-/m0/s1. The largest absolute Gasteiger partial charge is 0.493 e. The zero-order chi connectivity index (χ0) is 38.4. The maximum atomic E-state index is 13.8. The number of rotatable bonds is 5. The predicted octanol–water partition coefficient (Wildman–Crippen LogP) is 8.58. The zero-order valence-electron chi connectivity index (χ0n) is 31.6. The smallest absolute Gasteiger partial charge is 0.343 e. The van der Waals surface area contributed by atoms with Gasteiger partial charge in [-0.1, -0.05) is 36.4 Å². The maximum Gasteiger partial charge on any atom is 0.343 e. The quantitative estimate of drug-likeness (QED) is 0.0752. The van der Waals surface area contributed by atoms with Crippen LogP contribution < -0.4 is 23.7 Å². The number of methoxy groups -OCH3 is 2. The number of benzene rings is 5. The molecule has 0 unspecified atom stereocenters. The Morgan fingerprint density at radius 1 is 0.782 bits per heavy atom. The topological polar surface area (TPSA) is 113 Å². The maximum absolute atomic E-state index is 13.8. The highest BCUT2D eigenvalue weighted by molar-refractivity contribution is 5.92. The molecule has 5 aromatic carbocycles. The molecule has 282 valence electrons. The summed E-state index contributed by atoms with van der Waals surface area (Å²) in [6.45, 7) is 3.61. The number of nitrogens with zero attached hydrogens (tertiary/aromatic N) is 3. The minimum Gasteiger partial charge on any atom is -0.493 e. The van der Waals surface area contributed by atoms with Crippen molar-refractivity contribution in [1.82, 2.24) is 9.80 Å². The van der Waals surface area contributed by atoms with Crippen LogP contribution in [0.25, 0.3) is 0 Å². The lowest BCUT2D eigenvalue weighted by atomic mass is 9.86. The van der Waals surface area contributed by atoms with E-state index in [0.717, 1.165) is 41.6 Å². The van der Waals surface area contributed by atoms with Crippen LogP contribution in [-0.2, 0) is 25.7 Å². The molecule has 4 heterocycles. The zero-order valence-corrected chi connectivity index (χ0v) is 31.6. The van der Waals surface area contributed by atoms with Crippen LogP contribution in [0, 0.1) is 17.0 Å². The van der Waals surface area contributed by atoms with Gasteiger partial charge < -0.3 is 23.7 Å². The number of likely N-dealkylation sites (N-methyl/N-ethyl adjacent to an activating group) is 2. The Balaban J connectivity index is 1.38. The fourth-order valence-electron chi connectivity index (χ4n) is 8.14. The molecule has 0 aromatic heterocycles. The number of fused-ring (bicyclic) bond motifs is 2. The monoisotopic (exact) mass is 741 g/mol. The SMILES string of the molecule is COc1cc([N+](=O)[O-])c2cc1Oc1ccc(cc1)C[C@H]1c3cc(c(C)cc3CCN1C)Oc1c(OC(=O)c3ccccc3)c(OC)cc3c1[C@H](C2)N(C)CC3. The molecule has 0 aliphatic carbocycles. The summed E-state index contributed by atoms with van der Waals surface area (Å²) in [5.41, 5.74) is 6.91. The Hall–Kier alpha value is -5.91. The van der Waals surface area contributed by atoms with Crippen molar-refractivity contribution in [3.63, 3.8) is 0 Å². The lowest BCUT2D eigenvalue weighted by Crippen LogP contribution is -2.34. The van der Waals surface area contributed by atoms with Crippen LogP contribution >= 0.6 is 0 Å². The minimum atomic E-state index is -0.569. The summed E-state index contributed by atoms with van der Waals surface area (Å²) in [6, 6.07) is 25.7. The highest BCUT2D eigenvalue weighted by Crippen LogP contribution is 2.52. The molecule has 4 aliphatic heterocycles. The van der Waals surface area contributed by atoms with Crippen LogP contribution in [0.15, 0.2) is 84.9 Å². The van der Waals surface area contributed by atoms with E-state index in [0.29, 0.717) is 52.8 Å². The second-order valence-electron chi connectivity index (χ2n) is 14.5. The molecule has 11 nitrogen and oxygen atoms in total. The Kier molecular flexibility index (Phi) is 9.66. The first-order valence-corrected chi connectivity index (χ1v) is 18.5. The molecule has 0 saturated carbocycles. The fraction of sp³-hybridized carbons (Fsp3) is 0.295. The molecule has 9 rings (SSSR count). The number of nitro groups is 1. The number of carbonyl (C=O) groups is 1. The van der Waals surface area contributed by atoms with Crippen molar-refractivity contribution in [3.8, 4) is 40.2 Å². The van der Waals surface area contributed by atoms with Crippen molar-refractivity contribution in [2.45, 2.75) is 44.7 Å². The highest BCUT2D eigenvalue weighted by Gasteiger charge is 2.36. The Morgan fingerprint density at radius 3 is 2.20 bits per heavy atom. The van der Waals surface area contributed by atoms with Crippen LogP contribution in [0.5, 0.6) is 40.2 Å². The summed E-state index contributed by atoms with van der Waals surface area (Å²) in [6.07, 6.45) is 2.51. The molecule has 0 amide bonds. The summed E-state index contributed by atoms with van der Waals surface area (Å²) in [5.74, 6) is 2.09. The summed E-state index contributed by atoms with van der Waals surface area (Å²) in [7, 11) is 7.15. The van der Waals surface area contributed by atoms with E-state index in [1.54, 1.807) is 37.4 Å². The molecule has 0 fully saturated rings. The highest BCUT2D eigenvalue weighted by atomic mass is 16.6. The van der Waals surface area contributed by atoms with E-state index in [4.69, 9.17) is 23.7 Å². The third-order valence-electron chi connectivity index (χ3n) is 11.2. The van der Waals surface area contributed by atoms with Crippen molar-refractivity contribution in [1.29, 1.82) is 0 Å². The first-order valence-electron chi connectivity index (χ1n) is 18.5. The molecule has 0 N–H and O–H groups in total. The summed E-state index contributed by atoms with van der Waals surface area (Å²) in [5, 5.41) is 12.6. The van der Waals surface area contributed by atoms with Crippen LogP contribution in [-0.4, -0.2) is 62.1 Å². The van der Waals surface area contributed by atoms with Gasteiger partial charge in [-0.15, -0.1) is 0 Å². The van der Waals surface area contributed by atoms with Gasteiger partial charge in [0.2, 0.25) is 5.75 Å². The average molecular weight is 742 g/mol. The number of hydrogen-bond donors (Lipinski definition) is 0. The van der Waals surface area contributed by atoms with E-state index >= 15 is 0 Å². The van der Waals surface area contributed by atoms with Crippen LogP contribution in [0.3, 0.4) is 0 Å². The van der Waals surface area contributed by atoms with E-state index in [1.807, 2.05) is 38.2 Å². The molecule has 55 heavy (non-hydrogen) atoms. The molecule has 0 radical (unpaired) electrons. The molecular formula is C44H43N3O8. The van der Waals surface area contributed by atoms with Crippen molar-refractivity contribution in [2.24, 2.45) is 0 Å². The van der Waals surface area contributed by atoms with E-state index in [-0.39, 0.29) is 29.6 Å². The van der Waals surface area contributed by atoms with Crippen molar-refractivity contribution in [3.05, 3.63) is 140 Å². The molecule has 5 aromatic rings. The summed E-state index contributed by atoms with van der Waals surface area (Å²) in [4.78, 5) is 30.6. The lowest BCUT2D eigenvalue weighted by Gasteiger charge is -2.37. The van der Waals surface area contributed by atoms with Gasteiger partial charge in [-0.25, -0.2) is 4.79 Å². The Morgan fingerprint density at radius 2 is 1.49 bits per heavy atom. The van der Waals surface area contributed by atoms with Gasteiger partial charge in [-0.05, 0) is 117 Å².